The quantitative estimate of drug-likeness (QED) is 0.531. The summed E-state index contributed by atoms with van der Waals surface area (Å²) in [5.41, 5.74) is 8.36. The largest absolute Gasteiger partial charge is 0.378 e. The van der Waals surface area contributed by atoms with Crippen molar-refractivity contribution < 1.29 is 9.66 Å². The van der Waals surface area contributed by atoms with Crippen LogP contribution in [0.2, 0.25) is 0 Å². The summed E-state index contributed by atoms with van der Waals surface area (Å²) in [7, 11) is 0. The summed E-state index contributed by atoms with van der Waals surface area (Å²) in [4.78, 5) is 19.1. The first-order valence-electron chi connectivity index (χ1n) is 8.45. The minimum atomic E-state index is -0.581. The predicted octanol–water partition coefficient (Wildman–Crippen LogP) is 2.92. The summed E-state index contributed by atoms with van der Waals surface area (Å²) in [6, 6.07) is 5.67. The molecule has 2 aromatic rings. The fourth-order valence-electron chi connectivity index (χ4n) is 2.78. The molecule has 0 aliphatic carbocycles. The van der Waals surface area contributed by atoms with Gasteiger partial charge in [0.05, 0.1) is 11.0 Å². The van der Waals surface area contributed by atoms with Gasteiger partial charge in [-0.25, -0.2) is 0 Å². The topological polar surface area (TPSA) is 128 Å². The molecule has 1 aliphatic heterocycles. The fraction of sp³-hybridized carbons (Fsp3) is 0.412. The molecule has 0 amide bonds. The molecule has 138 valence electrons. The lowest BCUT2D eigenvalue weighted by atomic mass is 10.1. The highest BCUT2D eigenvalue weighted by Gasteiger charge is 2.24. The van der Waals surface area contributed by atoms with Crippen LogP contribution in [0.25, 0.3) is 0 Å². The van der Waals surface area contributed by atoms with Gasteiger partial charge in [-0.1, -0.05) is 6.07 Å². The van der Waals surface area contributed by atoms with Crippen molar-refractivity contribution in [3.63, 3.8) is 0 Å². The van der Waals surface area contributed by atoms with Crippen molar-refractivity contribution in [2.24, 2.45) is 0 Å². The Morgan fingerprint density at radius 3 is 2.81 bits per heavy atom. The van der Waals surface area contributed by atoms with Crippen LogP contribution in [0.5, 0.6) is 0 Å². The lowest BCUT2D eigenvalue weighted by molar-refractivity contribution is -0.383. The van der Waals surface area contributed by atoms with Gasteiger partial charge < -0.3 is 21.1 Å². The normalized spacial score (nSPS) is 16.5. The van der Waals surface area contributed by atoms with Gasteiger partial charge in [-0.15, -0.1) is 0 Å². The second kappa shape index (κ2) is 7.52. The second-order valence-corrected chi connectivity index (χ2v) is 6.33. The standard InChI is InChI=1S/C17H22N6O3/c1-10-5-6-12(8-11(10)2)20-16-14(23(24)25)15(18)21-17(22-16)19-9-13-4-3-7-26-13/h5-6,8,13H,3-4,7,9H2,1-2H3,(H4,18,19,20,21,22)/t13-/m0/s1. The van der Waals surface area contributed by atoms with Gasteiger partial charge in [-0.2, -0.15) is 9.97 Å². The number of rotatable bonds is 6. The van der Waals surface area contributed by atoms with Crippen LogP contribution in [0.15, 0.2) is 18.2 Å². The highest BCUT2D eigenvalue weighted by Crippen LogP contribution is 2.31. The molecule has 0 unspecified atom stereocenters. The molecule has 9 nitrogen and oxygen atoms in total. The Morgan fingerprint density at radius 1 is 1.35 bits per heavy atom. The summed E-state index contributed by atoms with van der Waals surface area (Å²) in [6.07, 6.45) is 2.07. The third-order valence-corrected chi connectivity index (χ3v) is 4.38. The molecule has 26 heavy (non-hydrogen) atoms. The van der Waals surface area contributed by atoms with Crippen LogP contribution in [0.3, 0.4) is 0 Å². The number of benzene rings is 1. The number of aryl methyl sites for hydroxylation is 2. The molecule has 1 fully saturated rings. The summed E-state index contributed by atoms with van der Waals surface area (Å²) in [6.45, 7) is 5.24. The first-order valence-corrected chi connectivity index (χ1v) is 8.45. The maximum absolute atomic E-state index is 11.4. The van der Waals surface area contributed by atoms with Crippen molar-refractivity contribution >= 4 is 29.0 Å². The van der Waals surface area contributed by atoms with Gasteiger partial charge in [0.2, 0.25) is 17.6 Å². The molecule has 3 rings (SSSR count). The molecule has 9 heteroatoms. The smallest absolute Gasteiger partial charge is 0.353 e. The van der Waals surface area contributed by atoms with Gasteiger partial charge in [0.1, 0.15) is 0 Å². The van der Waals surface area contributed by atoms with Gasteiger partial charge in [-0.3, -0.25) is 10.1 Å². The first-order chi connectivity index (χ1) is 12.4. The molecule has 1 aliphatic rings. The third kappa shape index (κ3) is 3.99. The molecular formula is C17H22N6O3. The van der Waals surface area contributed by atoms with E-state index in [-0.39, 0.29) is 29.4 Å². The number of nitrogen functional groups attached to an aromatic ring is 1. The maximum atomic E-state index is 11.4. The van der Waals surface area contributed by atoms with Crippen molar-refractivity contribution in [1.29, 1.82) is 0 Å². The van der Waals surface area contributed by atoms with E-state index in [0.717, 1.165) is 30.6 Å². The average Bonchev–Trinajstić information content (AvgIpc) is 3.09. The summed E-state index contributed by atoms with van der Waals surface area (Å²) >= 11 is 0. The molecule has 2 heterocycles. The van der Waals surface area contributed by atoms with Crippen molar-refractivity contribution in [1.82, 2.24) is 9.97 Å². The zero-order valence-electron chi connectivity index (χ0n) is 14.8. The average molecular weight is 358 g/mol. The zero-order chi connectivity index (χ0) is 18.7. The van der Waals surface area contributed by atoms with Crippen LogP contribution in [-0.2, 0) is 4.74 Å². The highest BCUT2D eigenvalue weighted by molar-refractivity contribution is 5.74. The molecule has 0 spiro atoms. The molecule has 0 radical (unpaired) electrons. The van der Waals surface area contributed by atoms with Crippen molar-refractivity contribution in [2.75, 3.05) is 29.5 Å². The molecule has 1 aromatic heterocycles. The molecule has 1 atom stereocenters. The lowest BCUT2D eigenvalue weighted by Gasteiger charge is -2.13. The number of ether oxygens (including phenoxy) is 1. The zero-order valence-corrected chi connectivity index (χ0v) is 14.8. The summed E-state index contributed by atoms with van der Waals surface area (Å²) in [5.74, 6) is 0.0988. The van der Waals surface area contributed by atoms with E-state index in [1.807, 2.05) is 32.0 Å². The van der Waals surface area contributed by atoms with Crippen LogP contribution in [-0.4, -0.2) is 34.1 Å². The van der Waals surface area contributed by atoms with E-state index in [1.54, 1.807) is 0 Å². The summed E-state index contributed by atoms with van der Waals surface area (Å²) in [5, 5.41) is 17.4. The van der Waals surface area contributed by atoms with E-state index in [1.165, 1.54) is 0 Å². The van der Waals surface area contributed by atoms with E-state index in [4.69, 9.17) is 10.5 Å². The van der Waals surface area contributed by atoms with Crippen molar-refractivity contribution in [3.8, 4) is 0 Å². The Morgan fingerprint density at radius 2 is 2.15 bits per heavy atom. The molecule has 0 bridgehead atoms. The third-order valence-electron chi connectivity index (χ3n) is 4.38. The molecule has 0 saturated carbocycles. The number of nitrogens with zero attached hydrogens (tertiary/aromatic N) is 3. The van der Waals surface area contributed by atoms with Crippen LogP contribution in [0.4, 0.5) is 29.0 Å². The van der Waals surface area contributed by atoms with Crippen LogP contribution in [0, 0.1) is 24.0 Å². The number of nitrogens with two attached hydrogens (primary N) is 1. The Labute approximate surface area is 151 Å². The van der Waals surface area contributed by atoms with Gasteiger partial charge >= 0.3 is 5.69 Å². The van der Waals surface area contributed by atoms with E-state index >= 15 is 0 Å². The number of aromatic nitrogens is 2. The van der Waals surface area contributed by atoms with E-state index in [9.17, 15) is 10.1 Å². The van der Waals surface area contributed by atoms with Gasteiger partial charge in [0.25, 0.3) is 0 Å². The molecular weight excluding hydrogens is 336 g/mol. The van der Waals surface area contributed by atoms with Gasteiger partial charge in [0.15, 0.2) is 0 Å². The van der Waals surface area contributed by atoms with Gasteiger partial charge in [0, 0.05) is 18.8 Å². The molecule has 4 N–H and O–H groups in total. The van der Waals surface area contributed by atoms with E-state index in [0.29, 0.717) is 12.2 Å². The van der Waals surface area contributed by atoms with Crippen LogP contribution < -0.4 is 16.4 Å². The lowest BCUT2D eigenvalue weighted by Crippen LogP contribution is -2.20. The predicted molar refractivity (Wildman–Crippen MR) is 99.8 cm³/mol. The monoisotopic (exact) mass is 358 g/mol. The fourth-order valence-corrected chi connectivity index (χ4v) is 2.78. The maximum Gasteiger partial charge on any atom is 0.353 e. The Balaban J connectivity index is 1.87. The van der Waals surface area contributed by atoms with Crippen LogP contribution >= 0.6 is 0 Å². The number of anilines is 4. The highest BCUT2D eigenvalue weighted by atomic mass is 16.6. The molecule has 1 saturated heterocycles. The minimum Gasteiger partial charge on any atom is -0.378 e. The SMILES string of the molecule is Cc1ccc(Nc2nc(NC[C@@H]3CCCO3)nc(N)c2[N+](=O)[O-])cc1C. The number of hydrogen-bond acceptors (Lipinski definition) is 8. The van der Waals surface area contributed by atoms with E-state index in [2.05, 4.69) is 20.6 Å². The van der Waals surface area contributed by atoms with Gasteiger partial charge in [-0.05, 0) is 49.9 Å². The number of nitro groups is 1. The van der Waals surface area contributed by atoms with Crippen molar-refractivity contribution in [3.05, 3.63) is 39.4 Å². The Hall–Kier alpha value is -2.94. The summed E-state index contributed by atoms with van der Waals surface area (Å²) < 4.78 is 5.54. The first kappa shape index (κ1) is 17.9. The number of hydrogen-bond donors (Lipinski definition) is 3. The number of nitrogens with one attached hydrogen (secondary N) is 2. The van der Waals surface area contributed by atoms with Crippen LogP contribution in [0.1, 0.15) is 24.0 Å². The van der Waals surface area contributed by atoms with E-state index < -0.39 is 4.92 Å². The van der Waals surface area contributed by atoms with Crippen molar-refractivity contribution in [2.45, 2.75) is 32.8 Å². The molecule has 1 aromatic carbocycles. The Kier molecular flexibility index (Phi) is 5.17. The Bertz CT molecular complexity index is 820. The second-order valence-electron chi connectivity index (χ2n) is 6.33. The minimum absolute atomic E-state index is 0.0561.